The third kappa shape index (κ3) is 2.40. The summed E-state index contributed by atoms with van der Waals surface area (Å²) in [5.74, 6) is 0.953. The monoisotopic (exact) mass is 317 g/mol. The van der Waals surface area contributed by atoms with Gasteiger partial charge in [-0.3, -0.25) is 9.89 Å². The van der Waals surface area contributed by atoms with Crippen LogP contribution in [0.25, 0.3) is 16.7 Å². The van der Waals surface area contributed by atoms with E-state index in [1.165, 1.54) is 4.57 Å². The van der Waals surface area contributed by atoms with Crippen LogP contribution >= 0.6 is 11.6 Å². The normalized spacial score (nSPS) is 12.7. The van der Waals surface area contributed by atoms with Crippen molar-refractivity contribution in [2.75, 3.05) is 0 Å². The fourth-order valence-electron chi connectivity index (χ4n) is 2.49. The molecule has 0 aliphatic heterocycles. The van der Waals surface area contributed by atoms with Gasteiger partial charge in [0.1, 0.15) is 5.82 Å². The molecule has 0 amide bonds. The lowest BCUT2D eigenvalue weighted by Gasteiger charge is -2.16. The topological polar surface area (TPSA) is 89.6 Å². The lowest BCUT2D eigenvalue weighted by Crippen LogP contribution is -2.29. The Hall–Kier alpha value is -2.18. The Labute approximate surface area is 131 Å². The quantitative estimate of drug-likeness (QED) is 0.774. The Bertz CT molecular complexity index is 856. The Morgan fingerprint density at radius 1 is 1.41 bits per heavy atom. The lowest BCUT2D eigenvalue weighted by atomic mass is 10.1. The third-order valence-electron chi connectivity index (χ3n) is 3.52. The van der Waals surface area contributed by atoms with Crippen molar-refractivity contribution in [2.24, 2.45) is 5.73 Å². The molecule has 7 heteroatoms. The minimum atomic E-state index is -0.349. The summed E-state index contributed by atoms with van der Waals surface area (Å²) in [7, 11) is 0. The van der Waals surface area contributed by atoms with Crippen molar-refractivity contribution in [3.63, 3.8) is 0 Å². The van der Waals surface area contributed by atoms with Gasteiger partial charge in [-0.25, -0.2) is 9.55 Å². The fraction of sp³-hybridized carbons (Fsp3) is 0.267. The van der Waals surface area contributed by atoms with E-state index in [9.17, 15) is 4.79 Å². The van der Waals surface area contributed by atoms with Crippen molar-refractivity contribution < 1.29 is 0 Å². The van der Waals surface area contributed by atoms with Crippen LogP contribution in [0.4, 0.5) is 0 Å². The molecule has 2 aromatic heterocycles. The van der Waals surface area contributed by atoms with Gasteiger partial charge < -0.3 is 5.73 Å². The molecule has 0 saturated carbocycles. The van der Waals surface area contributed by atoms with Crippen LogP contribution in [-0.4, -0.2) is 19.7 Å². The van der Waals surface area contributed by atoms with E-state index < -0.39 is 0 Å². The van der Waals surface area contributed by atoms with Crippen molar-refractivity contribution in [3.05, 3.63) is 51.7 Å². The van der Waals surface area contributed by atoms with E-state index in [1.54, 1.807) is 30.5 Å². The molecular formula is C15H16ClN5O. The largest absolute Gasteiger partial charge is 0.321 e. The average molecular weight is 318 g/mol. The molecule has 3 rings (SSSR count). The zero-order valence-electron chi connectivity index (χ0n) is 12.1. The first-order valence-electron chi connectivity index (χ1n) is 7.10. The highest BCUT2D eigenvalue weighted by molar-refractivity contribution is 6.35. The standard InChI is InChI=1S/C15H16ClN5O/c1-2-4-10(17)14-19-11-6-3-5-9(16)13(11)15(22)21(14)12-7-8-18-20-12/h3,5-8,10H,2,4,17H2,1H3,(H,18,20)/t10-/m0/s1. The predicted molar refractivity (Wildman–Crippen MR) is 86.3 cm³/mol. The second-order valence-electron chi connectivity index (χ2n) is 5.07. The maximum Gasteiger partial charge on any atom is 0.268 e. The molecule has 3 aromatic rings. The third-order valence-corrected chi connectivity index (χ3v) is 3.83. The molecule has 0 aliphatic rings. The summed E-state index contributed by atoms with van der Waals surface area (Å²) in [5, 5.41) is 7.54. The van der Waals surface area contributed by atoms with Gasteiger partial charge >= 0.3 is 0 Å². The van der Waals surface area contributed by atoms with Gasteiger partial charge in [-0.05, 0) is 18.6 Å². The average Bonchev–Trinajstić information content (AvgIpc) is 3.01. The van der Waals surface area contributed by atoms with Gasteiger partial charge in [0.05, 0.1) is 22.0 Å². The maximum absolute atomic E-state index is 12.9. The Kier molecular flexibility index (Phi) is 3.96. The molecule has 1 atom stereocenters. The van der Waals surface area contributed by atoms with Crippen molar-refractivity contribution in [2.45, 2.75) is 25.8 Å². The van der Waals surface area contributed by atoms with Crippen molar-refractivity contribution >= 4 is 22.5 Å². The first kappa shape index (κ1) is 14.7. The Balaban J connectivity index is 2.38. The number of aromatic nitrogens is 4. The van der Waals surface area contributed by atoms with E-state index in [0.29, 0.717) is 27.6 Å². The Morgan fingerprint density at radius 2 is 2.23 bits per heavy atom. The predicted octanol–water partition coefficient (Wildman–Crippen LogP) is 2.56. The molecule has 22 heavy (non-hydrogen) atoms. The van der Waals surface area contributed by atoms with Crippen LogP contribution in [0.2, 0.25) is 5.02 Å². The molecule has 3 N–H and O–H groups in total. The smallest absolute Gasteiger partial charge is 0.268 e. The Morgan fingerprint density at radius 3 is 2.91 bits per heavy atom. The van der Waals surface area contributed by atoms with E-state index in [2.05, 4.69) is 15.2 Å². The molecule has 6 nitrogen and oxygen atoms in total. The molecule has 0 saturated heterocycles. The number of hydrogen-bond donors (Lipinski definition) is 2. The van der Waals surface area contributed by atoms with Crippen LogP contribution in [0.3, 0.4) is 0 Å². The molecule has 0 unspecified atom stereocenters. The maximum atomic E-state index is 12.9. The van der Waals surface area contributed by atoms with Gasteiger partial charge in [0.15, 0.2) is 5.82 Å². The zero-order chi connectivity index (χ0) is 15.7. The summed E-state index contributed by atoms with van der Waals surface area (Å²) in [5.41, 5.74) is 6.50. The van der Waals surface area contributed by atoms with E-state index >= 15 is 0 Å². The second kappa shape index (κ2) is 5.90. The first-order chi connectivity index (χ1) is 10.6. The van der Waals surface area contributed by atoms with E-state index in [4.69, 9.17) is 17.3 Å². The summed E-state index contributed by atoms with van der Waals surface area (Å²) in [6.07, 6.45) is 3.27. The number of H-pyrrole nitrogens is 1. The van der Waals surface area contributed by atoms with E-state index in [0.717, 1.165) is 12.8 Å². The SMILES string of the molecule is CCC[C@H](N)c1nc2cccc(Cl)c2c(=O)n1-c1cc[nH]n1. The number of benzene rings is 1. The zero-order valence-corrected chi connectivity index (χ0v) is 12.8. The highest BCUT2D eigenvalue weighted by Crippen LogP contribution is 2.22. The van der Waals surface area contributed by atoms with Gasteiger partial charge in [0.2, 0.25) is 0 Å². The number of fused-ring (bicyclic) bond motifs is 1. The summed E-state index contributed by atoms with van der Waals surface area (Å²) < 4.78 is 1.44. The van der Waals surface area contributed by atoms with Crippen molar-refractivity contribution in [3.8, 4) is 5.82 Å². The molecule has 1 aromatic carbocycles. The minimum absolute atomic E-state index is 0.260. The molecule has 0 radical (unpaired) electrons. The summed E-state index contributed by atoms with van der Waals surface area (Å²) in [6, 6.07) is 6.56. The van der Waals surface area contributed by atoms with Crippen LogP contribution in [-0.2, 0) is 0 Å². The minimum Gasteiger partial charge on any atom is -0.321 e. The number of nitrogens with one attached hydrogen (secondary N) is 1. The summed E-state index contributed by atoms with van der Waals surface area (Å²) in [6.45, 7) is 2.04. The van der Waals surface area contributed by atoms with Gasteiger partial charge in [0.25, 0.3) is 5.56 Å². The van der Waals surface area contributed by atoms with Crippen LogP contribution in [0.5, 0.6) is 0 Å². The molecule has 0 aliphatic carbocycles. The van der Waals surface area contributed by atoms with Crippen molar-refractivity contribution in [1.29, 1.82) is 0 Å². The number of nitrogens with zero attached hydrogens (tertiary/aromatic N) is 3. The number of rotatable bonds is 4. The highest BCUT2D eigenvalue weighted by Gasteiger charge is 2.19. The number of halogens is 1. The molecular weight excluding hydrogens is 302 g/mol. The van der Waals surface area contributed by atoms with Crippen LogP contribution < -0.4 is 11.3 Å². The first-order valence-corrected chi connectivity index (χ1v) is 7.48. The molecule has 0 bridgehead atoms. The molecule has 2 heterocycles. The lowest BCUT2D eigenvalue weighted by molar-refractivity contribution is 0.580. The fourth-order valence-corrected chi connectivity index (χ4v) is 2.74. The van der Waals surface area contributed by atoms with Crippen LogP contribution in [0.1, 0.15) is 31.6 Å². The molecule has 114 valence electrons. The molecule has 0 spiro atoms. The van der Waals surface area contributed by atoms with E-state index in [-0.39, 0.29) is 11.6 Å². The van der Waals surface area contributed by atoms with Gasteiger partial charge in [-0.15, -0.1) is 0 Å². The number of aromatic amines is 1. The number of hydrogen-bond acceptors (Lipinski definition) is 4. The van der Waals surface area contributed by atoms with Gasteiger partial charge in [-0.2, -0.15) is 5.10 Å². The van der Waals surface area contributed by atoms with Crippen LogP contribution in [0, 0.1) is 0 Å². The summed E-state index contributed by atoms with van der Waals surface area (Å²) in [4.78, 5) is 17.5. The number of nitrogens with two attached hydrogens (primary N) is 1. The highest BCUT2D eigenvalue weighted by atomic mass is 35.5. The van der Waals surface area contributed by atoms with Gasteiger partial charge in [0, 0.05) is 12.3 Å². The summed E-state index contributed by atoms with van der Waals surface area (Å²) >= 11 is 6.18. The van der Waals surface area contributed by atoms with Gasteiger partial charge in [-0.1, -0.05) is 31.0 Å². The second-order valence-corrected chi connectivity index (χ2v) is 5.48. The molecule has 0 fully saturated rings. The van der Waals surface area contributed by atoms with E-state index in [1.807, 2.05) is 6.92 Å². The van der Waals surface area contributed by atoms with Crippen LogP contribution in [0.15, 0.2) is 35.3 Å². The van der Waals surface area contributed by atoms with Crippen molar-refractivity contribution in [1.82, 2.24) is 19.7 Å².